The number of carbonyl (C=O) groups is 3. The highest BCUT2D eigenvalue weighted by Crippen LogP contribution is 2.40. The molecule has 0 radical (unpaired) electrons. The lowest BCUT2D eigenvalue weighted by Gasteiger charge is -2.41. The van der Waals surface area contributed by atoms with Crippen LogP contribution >= 0.6 is 11.6 Å². The van der Waals surface area contributed by atoms with Crippen LogP contribution in [0.3, 0.4) is 0 Å². The molecule has 2 aromatic carbocycles. The number of phenols is 1. The number of fused-ring (bicyclic) bond motifs is 1. The summed E-state index contributed by atoms with van der Waals surface area (Å²) in [5, 5.41) is 12.5. The van der Waals surface area contributed by atoms with Gasteiger partial charge in [-0.15, -0.1) is 0 Å². The maximum absolute atomic E-state index is 13.9. The molecule has 49 heavy (non-hydrogen) atoms. The molecule has 2 aromatic rings. The fourth-order valence-electron chi connectivity index (χ4n) is 7.62. The summed E-state index contributed by atoms with van der Waals surface area (Å²) in [6.07, 6.45) is -0.595. The van der Waals surface area contributed by atoms with Crippen LogP contribution in [-0.4, -0.2) is 107 Å². The molecular weight excluding hydrogens is 663 g/mol. The zero-order chi connectivity index (χ0) is 34.7. The van der Waals surface area contributed by atoms with Crippen molar-refractivity contribution in [1.82, 2.24) is 19.6 Å². The molecule has 0 unspecified atom stereocenters. The average Bonchev–Trinajstić information content (AvgIpc) is 3.27. The lowest BCUT2D eigenvalue weighted by atomic mass is 9.98. The Balaban J connectivity index is 1.12. The maximum atomic E-state index is 13.9. The molecular formula is C35H43ClF3N5O5. The summed E-state index contributed by atoms with van der Waals surface area (Å²) in [7, 11) is 0. The highest BCUT2D eigenvalue weighted by molar-refractivity contribution is 6.32. The van der Waals surface area contributed by atoms with Crippen molar-refractivity contribution in [3.05, 3.63) is 58.1 Å². The van der Waals surface area contributed by atoms with Crippen LogP contribution in [0.1, 0.15) is 61.6 Å². The van der Waals surface area contributed by atoms with Gasteiger partial charge in [-0.05, 0) is 87.4 Å². The number of anilines is 1. The Morgan fingerprint density at radius 2 is 1.57 bits per heavy atom. The maximum Gasteiger partial charge on any atom is 0.420 e. The Bertz CT molecular complexity index is 1520. The van der Waals surface area contributed by atoms with Crippen molar-refractivity contribution >= 4 is 35.3 Å². The van der Waals surface area contributed by atoms with Crippen molar-refractivity contribution < 1.29 is 37.4 Å². The van der Waals surface area contributed by atoms with E-state index in [-0.39, 0.29) is 37.1 Å². The van der Waals surface area contributed by atoms with E-state index >= 15 is 0 Å². The predicted molar refractivity (Wildman–Crippen MR) is 178 cm³/mol. The van der Waals surface area contributed by atoms with E-state index in [1.165, 1.54) is 17.4 Å². The second kappa shape index (κ2) is 15.0. The minimum absolute atomic E-state index is 0.0105. The van der Waals surface area contributed by atoms with E-state index < -0.39 is 40.6 Å². The molecule has 4 heterocycles. The molecule has 10 nitrogen and oxygen atoms in total. The number of nitrogens with one attached hydrogen (secondary N) is 1. The van der Waals surface area contributed by atoms with Gasteiger partial charge in [-0.25, -0.2) is 9.59 Å². The molecule has 0 saturated carbocycles. The molecule has 3 fully saturated rings. The van der Waals surface area contributed by atoms with Gasteiger partial charge in [0, 0.05) is 56.9 Å². The summed E-state index contributed by atoms with van der Waals surface area (Å²) < 4.78 is 46.9. The minimum Gasteiger partial charge on any atom is -0.506 e. The van der Waals surface area contributed by atoms with Gasteiger partial charge in [0.05, 0.1) is 10.6 Å². The second-order valence-electron chi connectivity index (χ2n) is 13.5. The number of ether oxygens (including phenoxy) is 1. The highest BCUT2D eigenvalue weighted by Gasteiger charge is 2.38. The molecule has 2 N–H and O–H groups in total. The quantitative estimate of drug-likeness (QED) is 0.374. The van der Waals surface area contributed by atoms with Crippen molar-refractivity contribution in [1.29, 1.82) is 0 Å². The van der Waals surface area contributed by atoms with Gasteiger partial charge in [0.1, 0.15) is 5.75 Å². The van der Waals surface area contributed by atoms with Crippen molar-refractivity contribution in [2.75, 3.05) is 51.1 Å². The number of benzene rings is 2. The number of para-hydroxylation sites is 1. The van der Waals surface area contributed by atoms with Crippen molar-refractivity contribution in [2.24, 2.45) is 0 Å². The van der Waals surface area contributed by atoms with Crippen LogP contribution in [0.2, 0.25) is 5.02 Å². The van der Waals surface area contributed by atoms with E-state index in [4.69, 9.17) is 16.3 Å². The number of carbonyl (C=O) groups excluding carboxylic acids is 3. The number of hydrogen-bond acceptors (Lipinski definition) is 6. The van der Waals surface area contributed by atoms with Crippen LogP contribution in [0.25, 0.3) is 0 Å². The SMILES string of the molecule is O=C(O[C@H](Cc1cc(Cl)c(O)c(C(F)(F)F)c1)C(=O)N1CCC(N2CCCCC2)CC1)N1CCC(N2CCc3ccccc3NC2=O)CC1. The zero-order valence-electron chi connectivity index (χ0n) is 27.4. The van der Waals surface area contributed by atoms with E-state index in [0.717, 1.165) is 56.1 Å². The second-order valence-corrected chi connectivity index (χ2v) is 13.9. The first-order valence-electron chi connectivity index (χ1n) is 17.2. The molecule has 14 heteroatoms. The van der Waals surface area contributed by atoms with Crippen LogP contribution in [-0.2, 0) is 28.5 Å². The number of nitrogens with zero attached hydrogens (tertiary/aromatic N) is 4. The van der Waals surface area contributed by atoms with Crippen LogP contribution < -0.4 is 5.32 Å². The average molecular weight is 706 g/mol. The summed E-state index contributed by atoms with van der Waals surface area (Å²) >= 11 is 5.98. The highest BCUT2D eigenvalue weighted by atomic mass is 35.5. The Morgan fingerprint density at radius 3 is 2.27 bits per heavy atom. The van der Waals surface area contributed by atoms with Crippen LogP contribution in [0.5, 0.6) is 5.75 Å². The van der Waals surface area contributed by atoms with Gasteiger partial charge in [-0.1, -0.05) is 36.2 Å². The van der Waals surface area contributed by atoms with E-state index in [0.29, 0.717) is 44.9 Å². The molecule has 1 atom stereocenters. The molecule has 4 aliphatic heterocycles. The molecule has 4 aliphatic rings. The topological polar surface area (TPSA) is 106 Å². The number of urea groups is 1. The molecule has 0 spiro atoms. The van der Waals surface area contributed by atoms with Crippen molar-refractivity contribution in [2.45, 2.75) is 82.2 Å². The Morgan fingerprint density at radius 1 is 0.918 bits per heavy atom. The molecule has 3 saturated heterocycles. The first-order valence-corrected chi connectivity index (χ1v) is 17.6. The largest absolute Gasteiger partial charge is 0.506 e. The monoisotopic (exact) mass is 705 g/mol. The number of aromatic hydroxyl groups is 1. The van der Waals surface area contributed by atoms with Crippen LogP contribution in [0.15, 0.2) is 36.4 Å². The lowest BCUT2D eigenvalue weighted by Crippen LogP contribution is -2.53. The fraction of sp³-hybridized carbons (Fsp3) is 0.571. The van der Waals surface area contributed by atoms with Crippen LogP contribution in [0.4, 0.5) is 28.4 Å². The summed E-state index contributed by atoms with van der Waals surface area (Å²) in [6.45, 7) is 4.08. The number of phenolic OH excluding ortho intramolecular Hbond substituents is 1. The number of halogens is 4. The third-order valence-electron chi connectivity index (χ3n) is 10.4. The van der Waals surface area contributed by atoms with Gasteiger partial charge in [0.2, 0.25) is 0 Å². The summed E-state index contributed by atoms with van der Waals surface area (Å²) in [6, 6.07) is 9.65. The third-order valence-corrected chi connectivity index (χ3v) is 10.6. The number of amides is 4. The van der Waals surface area contributed by atoms with Gasteiger partial charge in [0.25, 0.3) is 5.91 Å². The molecule has 266 valence electrons. The predicted octanol–water partition coefficient (Wildman–Crippen LogP) is 6.14. The van der Waals surface area contributed by atoms with Crippen molar-refractivity contribution in [3.8, 4) is 5.75 Å². The van der Waals surface area contributed by atoms with Gasteiger partial charge < -0.3 is 34.8 Å². The summed E-state index contributed by atoms with van der Waals surface area (Å²) in [5.74, 6) is -1.57. The first kappa shape index (κ1) is 35.1. The van der Waals surface area contributed by atoms with E-state index in [1.54, 1.807) is 9.80 Å². The number of alkyl halides is 3. The fourth-order valence-corrected chi connectivity index (χ4v) is 7.86. The standard InChI is InChI=1S/C35H43ClF3N5O5/c36-28-21-23(20-27(31(28)45)35(37,38)39)22-30(32(46)42-15-9-25(10-16-42)41-13-4-1-5-14-41)49-34(48)43-17-11-26(12-18-43)44-19-8-24-6-2-3-7-29(24)40-33(44)47/h2-3,6-7,20-21,25-26,30,45H,1,4-5,8-19,22H2,(H,40,47)/t30-/m1/s1. The molecule has 6 rings (SSSR count). The smallest absolute Gasteiger partial charge is 0.420 e. The Hall–Kier alpha value is -3.71. The number of rotatable bonds is 6. The number of hydrogen-bond donors (Lipinski definition) is 2. The summed E-state index contributed by atoms with van der Waals surface area (Å²) in [5.41, 5.74) is 0.539. The summed E-state index contributed by atoms with van der Waals surface area (Å²) in [4.78, 5) is 47.9. The van der Waals surface area contributed by atoms with Crippen molar-refractivity contribution in [3.63, 3.8) is 0 Å². The molecule has 0 aromatic heterocycles. The van der Waals surface area contributed by atoms with Gasteiger partial charge in [-0.3, -0.25) is 4.79 Å². The third kappa shape index (κ3) is 8.20. The van der Waals surface area contributed by atoms with E-state index in [1.807, 2.05) is 24.3 Å². The lowest BCUT2D eigenvalue weighted by molar-refractivity contribution is -0.142. The van der Waals surface area contributed by atoms with Crippen LogP contribution in [0, 0.1) is 0 Å². The number of likely N-dealkylation sites (tertiary alicyclic amines) is 3. The normalized spacial score (nSPS) is 20.7. The van der Waals surface area contributed by atoms with E-state index in [2.05, 4.69) is 10.2 Å². The van der Waals surface area contributed by atoms with Gasteiger partial charge >= 0.3 is 18.3 Å². The minimum atomic E-state index is -4.88. The zero-order valence-corrected chi connectivity index (χ0v) is 28.1. The molecule has 0 aliphatic carbocycles. The Kier molecular flexibility index (Phi) is 10.8. The molecule has 0 bridgehead atoms. The van der Waals surface area contributed by atoms with E-state index in [9.17, 15) is 32.7 Å². The van der Waals surface area contributed by atoms with Gasteiger partial charge in [-0.2, -0.15) is 13.2 Å². The van der Waals surface area contributed by atoms with Gasteiger partial charge in [0.15, 0.2) is 6.10 Å². The number of piperidine rings is 3. The first-order chi connectivity index (χ1) is 23.5. The Labute approximate surface area is 289 Å². The molecule has 4 amide bonds.